The van der Waals surface area contributed by atoms with Crippen molar-refractivity contribution in [1.29, 1.82) is 0 Å². The number of rotatable bonds is 1. The van der Waals surface area contributed by atoms with Crippen molar-refractivity contribution in [2.45, 2.75) is 37.8 Å². The van der Waals surface area contributed by atoms with Gasteiger partial charge in [0.05, 0.1) is 18.4 Å². The van der Waals surface area contributed by atoms with Gasteiger partial charge in [0, 0.05) is 24.5 Å². The Bertz CT molecular complexity index is 958. The lowest BCUT2D eigenvalue weighted by Gasteiger charge is -2.13. The summed E-state index contributed by atoms with van der Waals surface area (Å²) < 4.78 is 22.1. The number of Topliss-reactive ketones (excluding diaryl/α,β-unsaturated/α-hetero) is 1. The van der Waals surface area contributed by atoms with E-state index in [9.17, 15) is 14.7 Å². The highest BCUT2D eigenvalue weighted by Gasteiger charge is 2.46. The summed E-state index contributed by atoms with van der Waals surface area (Å²) in [5.41, 5.74) is 1.24. The van der Waals surface area contributed by atoms with E-state index in [4.69, 9.17) is 18.6 Å². The minimum atomic E-state index is -0.909. The molecule has 1 aliphatic carbocycles. The molecule has 0 spiro atoms. The summed E-state index contributed by atoms with van der Waals surface area (Å²) in [6, 6.07) is 1.73. The SMILES string of the molecule is COc1cc2c(c3oc(=O)c4c(c13)CCC4=O)[C@@H]1CC(O)O[C@@H]1O2. The number of aryl methyl sites for hydroxylation is 1. The van der Waals surface area contributed by atoms with Crippen molar-refractivity contribution in [3.63, 3.8) is 0 Å². The first-order chi connectivity index (χ1) is 11.6. The van der Waals surface area contributed by atoms with E-state index in [2.05, 4.69) is 0 Å². The number of methoxy groups -OCH3 is 1. The van der Waals surface area contributed by atoms with E-state index in [0.29, 0.717) is 52.9 Å². The summed E-state index contributed by atoms with van der Waals surface area (Å²) in [5.74, 6) is 0.603. The lowest BCUT2D eigenvalue weighted by atomic mass is 9.93. The number of hydrogen-bond donors (Lipinski definition) is 1. The van der Waals surface area contributed by atoms with Crippen LogP contribution in [0.4, 0.5) is 0 Å². The van der Waals surface area contributed by atoms with E-state index in [1.807, 2.05) is 0 Å². The predicted molar refractivity (Wildman–Crippen MR) is 80.6 cm³/mol. The van der Waals surface area contributed by atoms with Crippen LogP contribution in [-0.4, -0.2) is 30.6 Å². The molecule has 1 N–H and O–H groups in total. The summed E-state index contributed by atoms with van der Waals surface area (Å²) in [6.45, 7) is 0. The second-order valence-corrected chi connectivity index (χ2v) is 6.28. The maximum Gasteiger partial charge on any atom is 0.347 e. The Kier molecular flexibility index (Phi) is 2.67. The molecule has 1 aromatic carbocycles. The quantitative estimate of drug-likeness (QED) is 0.791. The molecule has 0 radical (unpaired) electrons. The number of benzene rings is 1. The fourth-order valence-corrected chi connectivity index (χ4v) is 4.04. The second-order valence-electron chi connectivity index (χ2n) is 6.28. The number of fused-ring (bicyclic) bond motifs is 7. The van der Waals surface area contributed by atoms with Gasteiger partial charge in [0.1, 0.15) is 22.6 Å². The molecule has 0 saturated carbocycles. The Balaban J connectivity index is 1.88. The molecular weight excluding hydrogens is 316 g/mol. The summed E-state index contributed by atoms with van der Waals surface area (Å²) >= 11 is 0. The van der Waals surface area contributed by atoms with E-state index >= 15 is 0 Å². The summed E-state index contributed by atoms with van der Waals surface area (Å²) in [5, 5.41) is 10.4. The third kappa shape index (κ3) is 1.63. The Morgan fingerprint density at radius 2 is 2.12 bits per heavy atom. The molecule has 3 aliphatic rings. The summed E-state index contributed by atoms with van der Waals surface area (Å²) in [6.07, 6.45) is -0.374. The average molecular weight is 330 g/mol. The molecule has 2 aromatic rings. The monoisotopic (exact) mass is 330 g/mol. The molecule has 7 heteroatoms. The summed E-state index contributed by atoms with van der Waals surface area (Å²) in [7, 11) is 1.52. The third-order valence-corrected chi connectivity index (χ3v) is 5.04. The molecule has 1 unspecified atom stereocenters. The van der Waals surface area contributed by atoms with Crippen LogP contribution in [-0.2, 0) is 11.2 Å². The zero-order chi connectivity index (χ0) is 16.6. The van der Waals surface area contributed by atoms with Crippen LogP contribution in [0.25, 0.3) is 11.0 Å². The molecule has 2 aliphatic heterocycles. The van der Waals surface area contributed by atoms with Crippen LogP contribution < -0.4 is 15.1 Å². The maximum absolute atomic E-state index is 12.3. The Hall–Kier alpha value is -2.38. The van der Waals surface area contributed by atoms with Gasteiger partial charge in [-0.2, -0.15) is 0 Å². The number of aliphatic hydroxyl groups is 1. The van der Waals surface area contributed by atoms with Gasteiger partial charge < -0.3 is 23.7 Å². The number of hydrogen-bond acceptors (Lipinski definition) is 7. The van der Waals surface area contributed by atoms with Gasteiger partial charge >= 0.3 is 5.63 Å². The Labute approximate surface area is 135 Å². The van der Waals surface area contributed by atoms with Crippen molar-refractivity contribution in [3.8, 4) is 11.5 Å². The van der Waals surface area contributed by atoms with Gasteiger partial charge in [-0.15, -0.1) is 0 Å². The smallest absolute Gasteiger partial charge is 0.347 e. The van der Waals surface area contributed by atoms with Gasteiger partial charge in [-0.1, -0.05) is 0 Å². The third-order valence-electron chi connectivity index (χ3n) is 5.04. The van der Waals surface area contributed by atoms with Gasteiger partial charge in [-0.25, -0.2) is 4.79 Å². The predicted octanol–water partition coefficient (Wildman–Crippen LogP) is 1.47. The average Bonchev–Trinajstić information content (AvgIpc) is 3.18. The van der Waals surface area contributed by atoms with Crippen molar-refractivity contribution >= 4 is 16.8 Å². The van der Waals surface area contributed by atoms with Gasteiger partial charge in [-0.05, 0) is 12.0 Å². The van der Waals surface area contributed by atoms with E-state index < -0.39 is 18.2 Å². The first-order valence-electron chi connectivity index (χ1n) is 7.82. The van der Waals surface area contributed by atoms with E-state index in [1.165, 1.54) is 7.11 Å². The molecule has 7 nitrogen and oxygen atoms in total. The number of aliphatic hydroxyl groups excluding tert-OH is 1. The van der Waals surface area contributed by atoms with E-state index in [0.717, 1.165) is 0 Å². The molecule has 5 rings (SSSR count). The van der Waals surface area contributed by atoms with Crippen LogP contribution >= 0.6 is 0 Å². The Morgan fingerprint density at radius 3 is 2.92 bits per heavy atom. The topological polar surface area (TPSA) is 95.2 Å². The van der Waals surface area contributed by atoms with Gasteiger partial charge in [0.2, 0.25) is 6.29 Å². The zero-order valence-corrected chi connectivity index (χ0v) is 12.8. The number of carbonyl (C=O) groups excluding carboxylic acids is 1. The fraction of sp³-hybridized carbons (Fsp3) is 0.412. The molecule has 1 saturated heterocycles. The molecule has 24 heavy (non-hydrogen) atoms. The summed E-state index contributed by atoms with van der Waals surface area (Å²) in [4.78, 5) is 24.4. The largest absolute Gasteiger partial charge is 0.496 e. The highest BCUT2D eigenvalue weighted by atomic mass is 16.7. The minimum Gasteiger partial charge on any atom is -0.496 e. The van der Waals surface area contributed by atoms with E-state index in [-0.39, 0.29) is 17.3 Å². The number of ketones is 1. The van der Waals surface area contributed by atoms with Crippen LogP contribution in [0, 0.1) is 0 Å². The fourth-order valence-electron chi connectivity index (χ4n) is 4.04. The zero-order valence-electron chi connectivity index (χ0n) is 12.8. The standard InChI is InChI=1S/C17H14O7/c1-21-9-5-10-14(7-4-11(19)23-17(7)22-10)15-13(9)6-2-3-8(18)12(6)16(20)24-15/h5,7,11,17,19H,2-4H2,1H3/t7-,11?,17-/m0/s1. The molecule has 3 heterocycles. The second kappa shape index (κ2) is 4.58. The highest BCUT2D eigenvalue weighted by Crippen LogP contribution is 2.51. The number of carbonyl (C=O) groups is 1. The van der Waals surface area contributed by atoms with Crippen LogP contribution in [0.3, 0.4) is 0 Å². The lowest BCUT2D eigenvalue weighted by Crippen LogP contribution is -2.16. The first kappa shape index (κ1) is 14.0. The molecule has 0 amide bonds. The van der Waals surface area contributed by atoms with Crippen molar-refractivity contribution in [3.05, 3.63) is 33.2 Å². The highest BCUT2D eigenvalue weighted by molar-refractivity contribution is 6.06. The normalized spacial score (nSPS) is 27.1. The van der Waals surface area contributed by atoms with Crippen LogP contribution in [0.5, 0.6) is 11.5 Å². The number of ether oxygens (including phenoxy) is 3. The molecule has 1 fully saturated rings. The van der Waals surface area contributed by atoms with Gasteiger partial charge in [-0.3, -0.25) is 4.79 Å². The molecule has 0 bridgehead atoms. The van der Waals surface area contributed by atoms with Crippen molar-refractivity contribution in [1.82, 2.24) is 0 Å². The van der Waals surface area contributed by atoms with Crippen molar-refractivity contribution in [2.75, 3.05) is 7.11 Å². The van der Waals surface area contributed by atoms with E-state index in [1.54, 1.807) is 6.07 Å². The Morgan fingerprint density at radius 1 is 1.29 bits per heavy atom. The van der Waals surface area contributed by atoms with Gasteiger partial charge in [0.25, 0.3) is 0 Å². The molecule has 3 atom stereocenters. The van der Waals surface area contributed by atoms with Crippen LogP contribution in [0.15, 0.2) is 15.3 Å². The molecule has 124 valence electrons. The minimum absolute atomic E-state index is 0.124. The first-order valence-corrected chi connectivity index (χ1v) is 7.82. The van der Waals surface area contributed by atoms with Crippen molar-refractivity contribution < 1.29 is 28.5 Å². The van der Waals surface area contributed by atoms with Crippen molar-refractivity contribution in [2.24, 2.45) is 0 Å². The van der Waals surface area contributed by atoms with Gasteiger partial charge in [0.15, 0.2) is 12.1 Å². The maximum atomic E-state index is 12.3. The van der Waals surface area contributed by atoms with Crippen LogP contribution in [0.1, 0.15) is 40.2 Å². The molecular formula is C17H14O7. The lowest BCUT2D eigenvalue weighted by molar-refractivity contribution is -0.147. The molecule has 1 aromatic heterocycles. The van der Waals surface area contributed by atoms with Crippen LogP contribution in [0.2, 0.25) is 0 Å².